The Hall–Kier alpha value is -6.47. The minimum absolute atomic E-state index is 0.127. The topological polar surface area (TPSA) is 164 Å². The quantitative estimate of drug-likeness (QED) is 0.0942. The van der Waals surface area contributed by atoms with Crippen LogP contribution in [0.1, 0.15) is 54.2 Å². The normalized spacial score (nSPS) is 13.8. The number of rotatable bonds is 11. The van der Waals surface area contributed by atoms with E-state index >= 15 is 0 Å². The molecule has 3 heterocycles. The Morgan fingerprint density at radius 1 is 0.891 bits per heavy atom. The molecule has 0 bridgehead atoms. The van der Waals surface area contributed by atoms with Crippen molar-refractivity contribution >= 4 is 69.3 Å². The number of pyridine rings is 1. The van der Waals surface area contributed by atoms with Crippen LogP contribution in [0.2, 0.25) is 0 Å². The van der Waals surface area contributed by atoms with Gasteiger partial charge in [0.2, 0.25) is 5.91 Å². The van der Waals surface area contributed by atoms with E-state index in [-0.39, 0.29) is 24.3 Å². The lowest BCUT2D eigenvalue weighted by Gasteiger charge is -2.23. The summed E-state index contributed by atoms with van der Waals surface area (Å²) in [5.74, 6) is 0.118. The molecule has 1 unspecified atom stereocenters. The number of fused-ring (bicyclic) bond motifs is 1. The summed E-state index contributed by atoms with van der Waals surface area (Å²) in [5, 5.41) is 10.1. The van der Waals surface area contributed by atoms with Crippen LogP contribution in [0, 0.1) is 0 Å². The van der Waals surface area contributed by atoms with Gasteiger partial charge in [-0.25, -0.2) is 19.7 Å². The number of benzene rings is 4. The van der Waals surface area contributed by atoms with E-state index in [1.807, 2.05) is 72.8 Å². The van der Waals surface area contributed by atoms with Crippen LogP contribution in [0.25, 0.3) is 11.0 Å². The Kier molecular flexibility index (Phi) is 11.2. The van der Waals surface area contributed by atoms with Crippen molar-refractivity contribution in [1.82, 2.24) is 19.9 Å². The molecule has 3 amide bonds. The molecule has 1 saturated heterocycles. The lowest BCUT2D eigenvalue weighted by atomic mass is 10.1. The first-order valence-electron chi connectivity index (χ1n) is 18.0. The Balaban J connectivity index is 1.07. The van der Waals surface area contributed by atoms with E-state index in [1.54, 1.807) is 36.4 Å². The maximum atomic E-state index is 13.7. The van der Waals surface area contributed by atoms with Gasteiger partial charge < -0.3 is 26.4 Å². The molecule has 0 saturated carbocycles. The molecule has 1 aliphatic rings. The van der Waals surface area contributed by atoms with E-state index in [2.05, 4.69) is 39.8 Å². The van der Waals surface area contributed by atoms with Gasteiger partial charge in [-0.1, -0.05) is 62.0 Å². The molecule has 13 heteroatoms. The average Bonchev–Trinajstić information content (AvgIpc) is 3.70. The molecule has 0 radical (unpaired) electrons. The number of carbonyl (C=O) groups is 3. The number of likely N-dealkylation sites (tertiary alicyclic amines) is 1. The van der Waals surface area contributed by atoms with Crippen LogP contribution < -0.4 is 21.7 Å². The highest BCUT2D eigenvalue weighted by Crippen LogP contribution is 2.37. The van der Waals surface area contributed by atoms with Gasteiger partial charge in [0, 0.05) is 44.7 Å². The molecule has 1 fully saturated rings. The van der Waals surface area contributed by atoms with E-state index in [4.69, 9.17) is 15.5 Å². The number of ether oxygens (including phenoxy) is 1. The molecule has 7 rings (SSSR count). The molecule has 0 aliphatic carbocycles. The van der Waals surface area contributed by atoms with Gasteiger partial charge in [-0.3, -0.25) is 14.5 Å². The molecule has 12 nitrogen and oxygen atoms in total. The monoisotopic (exact) mass is 752 g/mol. The molecule has 55 heavy (non-hydrogen) atoms. The maximum absolute atomic E-state index is 13.7. The second kappa shape index (κ2) is 16.7. The third-order valence-electron chi connectivity index (χ3n) is 9.10. The predicted molar refractivity (Wildman–Crippen MR) is 216 cm³/mol. The number of nitrogen functional groups attached to an aromatic ring is 1. The highest BCUT2D eigenvalue weighted by Gasteiger charge is 2.35. The van der Waals surface area contributed by atoms with Gasteiger partial charge in [0.05, 0.1) is 11.1 Å². The Bertz CT molecular complexity index is 2340. The molecule has 4 aromatic carbocycles. The summed E-state index contributed by atoms with van der Waals surface area (Å²) in [5.41, 5.74) is 11.0. The first-order valence-corrected chi connectivity index (χ1v) is 18.8. The summed E-state index contributed by atoms with van der Waals surface area (Å²) in [6, 6.07) is 32.5. The van der Waals surface area contributed by atoms with E-state index in [0.717, 1.165) is 26.4 Å². The lowest BCUT2D eigenvalue weighted by Crippen LogP contribution is -2.43. The number of amides is 3. The van der Waals surface area contributed by atoms with Crippen molar-refractivity contribution in [3.63, 3.8) is 0 Å². The maximum Gasteiger partial charge on any atom is 0.410 e. The minimum atomic E-state index is -0.669. The van der Waals surface area contributed by atoms with Crippen molar-refractivity contribution in [3.8, 4) is 0 Å². The van der Waals surface area contributed by atoms with Crippen molar-refractivity contribution in [2.45, 2.75) is 55.0 Å². The number of nitrogens with two attached hydrogens (primary N) is 1. The first-order chi connectivity index (χ1) is 26.7. The van der Waals surface area contributed by atoms with Crippen LogP contribution in [0.3, 0.4) is 0 Å². The van der Waals surface area contributed by atoms with E-state index in [9.17, 15) is 14.4 Å². The van der Waals surface area contributed by atoms with Gasteiger partial charge in [0.25, 0.3) is 5.91 Å². The van der Waals surface area contributed by atoms with Gasteiger partial charge in [0.15, 0.2) is 5.65 Å². The molecule has 1 aliphatic heterocycles. The van der Waals surface area contributed by atoms with Gasteiger partial charge in [-0.15, -0.1) is 0 Å². The Morgan fingerprint density at radius 2 is 1.67 bits per heavy atom. The molecule has 278 valence electrons. The molecular formula is C42H40N8O4S. The van der Waals surface area contributed by atoms with Gasteiger partial charge in [-0.2, -0.15) is 0 Å². The molecule has 2 aromatic heterocycles. The van der Waals surface area contributed by atoms with Crippen LogP contribution in [0.15, 0.2) is 125 Å². The van der Waals surface area contributed by atoms with Crippen LogP contribution >= 0.6 is 11.8 Å². The smallest absolute Gasteiger partial charge is 0.410 e. The summed E-state index contributed by atoms with van der Waals surface area (Å²) >= 11 is 1.52. The predicted octanol–water partition coefficient (Wildman–Crippen LogP) is 8.62. The van der Waals surface area contributed by atoms with Crippen LogP contribution in [0.5, 0.6) is 0 Å². The molecule has 5 N–H and O–H groups in total. The third kappa shape index (κ3) is 9.02. The highest BCUT2D eigenvalue weighted by atomic mass is 32.2. The number of anilines is 5. The van der Waals surface area contributed by atoms with Crippen molar-refractivity contribution in [1.29, 1.82) is 0 Å². The largest absolute Gasteiger partial charge is 0.445 e. The van der Waals surface area contributed by atoms with Crippen LogP contribution in [0.4, 0.5) is 33.4 Å². The van der Waals surface area contributed by atoms with Gasteiger partial charge in [-0.05, 0) is 97.1 Å². The number of nitrogens with one attached hydrogen (secondary N) is 3. The zero-order valence-electron chi connectivity index (χ0n) is 30.4. The minimum Gasteiger partial charge on any atom is -0.445 e. The first kappa shape index (κ1) is 36.9. The zero-order valence-corrected chi connectivity index (χ0v) is 31.2. The molecule has 6 aromatic rings. The van der Waals surface area contributed by atoms with Crippen molar-refractivity contribution in [2.24, 2.45) is 0 Å². The fraction of sp³-hybridized carbons (Fsp3) is 0.190. The van der Waals surface area contributed by atoms with E-state index in [0.29, 0.717) is 59.2 Å². The van der Waals surface area contributed by atoms with Gasteiger partial charge in [0.1, 0.15) is 24.8 Å². The summed E-state index contributed by atoms with van der Waals surface area (Å²) in [4.78, 5) is 56.9. The fourth-order valence-corrected chi connectivity index (χ4v) is 7.07. The lowest BCUT2D eigenvalue weighted by molar-refractivity contribution is -0.120. The van der Waals surface area contributed by atoms with Crippen LogP contribution in [-0.4, -0.2) is 50.3 Å². The second-order valence-corrected chi connectivity index (χ2v) is 14.5. The number of hydrogen-bond donors (Lipinski definition) is 4. The highest BCUT2D eigenvalue weighted by molar-refractivity contribution is 7.99. The van der Waals surface area contributed by atoms with E-state index < -0.39 is 12.1 Å². The summed E-state index contributed by atoms with van der Waals surface area (Å²) in [6.45, 7) is 4.72. The Morgan fingerprint density at radius 3 is 2.45 bits per heavy atom. The SMILES string of the molecule is CC(C)c1ccc2c(Nc3cc(C(=O)Nc4cccc(NC(=O)C5CCCN5C(=O)OCc5ccccc5)c4)ccc3Sc3ccc(N)cc3)ncnc2n1. The standard InChI is InChI=1S/C42H40N8O4S/c1-26(2)34-19-18-33-38(48-34)44-25-45-39(33)49-35-22-28(13-20-37(35)55-32-16-14-29(43)15-17-32)40(51)46-30-10-6-11-31(23-30)47-41(52)36-12-7-21-50(36)42(53)54-24-27-8-4-3-5-9-27/h3-6,8-11,13-20,22-23,25-26,36H,7,12,21,24,43H2,1-2H3,(H,46,51)(H,47,52)(H,44,45,48,49). The molecule has 1 atom stereocenters. The van der Waals surface area contributed by atoms with Crippen molar-refractivity contribution in [3.05, 3.63) is 132 Å². The summed E-state index contributed by atoms with van der Waals surface area (Å²) in [7, 11) is 0. The number of hydrogen-bond acceptors (Lipinski definition) is 10. The number of nitrogens with zero attached hydrogens (tertiary/aromatic N) is 4. The Labute approximate surface area is 322 Å². The van der Waals surface area contributed by atoms with Crippen molar-refractivity contribution < 1.29 is 19.1 Å². The number of aromatic nitrogens is 3. The summed E-state index contributed by atoms with van der Waals surface area (Å²) < 4.78 is 5.50. The molecule has 0 spiro atoms. The van der Waals surface area contributed by atoms with Crippen molar-refractivity contribution in [2.75, 3.05) is 28.2 Å². The number of carbonyl (C=O) groups excluding carboxylic acids is 3. The zero-order chi connectivity index (χ0) is 38.3. The average molecular weight is 753 g/mol. The fourth-order valence-electron chi connectivity index (χ4n) is 6.19. The second-order valence-electron chi connectivity index (χ2n) is 13.4. The van der Waals surface area contributed by atoms with E-state index in [1.165, 1.54) is 23.0 Å². The summed E-state index contributed by atoms with van der Waals surface area (Å²) in [6.07, 6.45) is 2.15. The van der Waals surface area contributed by atoms with Gasteiger partial charge >= 0.3 is 6.09 Å². The van der Waals surface area contributed by atoms with Crippen LogP contribution in [-0.2, 0) is 16.1 Å². The molecular weight excluding hydrogens is 713 g/mol. The third-order valence-corrected chi connectivity index (χ3v) is 10.2.